The van der Waals surface area contributed by atoms with E-state index in [2.05, 4.69) is 5.32 Å². The van der Waals surface area contributed by atoms with Crippen molar-refractivity contribution in [1.29, 1.82) is 0 Å². The van der Waals surface area contributed by atoms with Gasteiger partial charge in [-0.3, -0.25) is 14.9 Å². The number of ether oxygens (including phenoxy) is 2. The summed E-state index contributed by atoms with van der Waals surface area (Å²) in [5.74, 6) is -0.0349. The highest BCUT2D eigenvalue weighted by Crippen LogP contribution is 2.34. The van der Waals surface area contributed by atoms with E-state index in [-0.39, 0.29) is 41.1 Å². The van der Waals surface area contributed by atoms with Crippen LogP contribution < -0.4 is 20.5 Å². The Bertz CT molecular complexity index is 539. The second-order valence-electron chi connectivity index (χ2n) is 4.53. The Morgan fingerprint density at radius 3 is 2.36 bits per heavy atom. The topological polar surface area (TPSA) is 117 Å². The van der Waals surface area contributed by atoms with E-state index in [1.807, 2.05) is 6.92 Å². The first-order chi connectivity index (χ1) is 9.94. The molecule has 0 aliphatic heterocycles. The Balaban J connectivity index is 0.00000441. The van der Waals surface area contributed by atoms with Gasteiger partial charge in [0.2, 0.25) is 0 Å². The number of carbonyl (C=O) groups is 1. The highest BCUT2D eigenvalue weighted by atomic mass is 35.5. The van der Waals surface area contributed by atoms with E-state index < -0.39 is 10.8 Å². The normalized spacial score (nSPS) is 11.1. The fraction of sp³-hybridized carbons (Fsp3) is 0.462. The SMILES string of the molecule is COc1cc(C(=O)NCC(C)CN)c([N+](=O)[O-])cc1OC.Cl. The van der Waals surface area contributed by atoms with Gasteiger partial charge in [-0.15, -0.1) is 12.4 Å². The molecule has 0 aliphatic rings. The largest absolute Gasteiger partial charge is 0.493 e. The molecule has 0 saturated heterocycles. The van der Waals surface area contributed by atoms with E-state index in [0.29, 0.717) is 13.1 Å². The van der Waals surface area contributed by atoms with E-state index in [9.17, 15) is 14.9 Å². The van der Waals surface area contributed by atoms with E-state index in [1.54, 1.807) is 0 Å². The van der Waals surface area contributed by atoms with Gasteiger partial charge in [0.15, 0.2) is 11.5 Å². The predicted molar refractivity (Wildman–Crippen MR) is 84.0 cm³/mol. The fourth-order valence-electron chi connectivity index (χ4n) is 1.65. The van der Waals surface area contributed by atoms with Crippen LogP contribution >= 0.6 is 12.4 Å². The molecular weight excluding hydrogens is 314 g/mol. The van der Waals surface area contributed by atoms with Gasteiger partial charge in [-0.2, -0.15) is 0 Å². The van der Waals surface area contributed by atoms with Crippen molar-refractivity contribution in [3.63, 3.8) is 0 Å². The predicted octanol–water partition coefficient (Wildman–Crippen LogP) is 1.36. The number of benzene rings is 1. The number of carbonyl (C=O) groups excluding carboxylic acids is 1. The molecule has 1 aromatic rings. The summed E-state index contributed by atoms with van der Waals surface area (Å²) in [7, 11) is 2.76. The summed E-state index contributed by atoms with van der Waals surface area (Å²) in [6.07, 6.45) is 0. The number of nitrogens with two attached hydrogens (primary N) is 1. The number of amides is 1. The highest BCUT2D eigenvalue weighted by molar-refractivity contribution is 5.99. The summed E-state index contributed by atoms with van der Waals surface area (Å²) in [6, 6.07) is 2.46. The molecule has 1 aromatic carbocycles. The smallest absolute Gasteiger partial charge is 0.286 e. The summed E-state index contributed by atoms with van der Waals surface area (Å²) >= 11 is 0. The maximum atomic E-state index is 12.1. The molecule has 0 spiro atoms. The monoisotopic (exact) mass is 333 g/mol. The number of halogens is 1. The Morgan fingerprint density at radius 1 is 1.36 bits per heavy atom. The van der Waals surface area contributed by atoms with Crippen molar-refractivity contribution in [2.75, 3.05) is 27.3 Å². The average Bonchev–Trinajstić information content (AvgIpc) is 2.50. The third-order valence-corrected chi connectivity index (χ3v) is 2.96. The molecule has 0 fully saturated rings. The quantitative estimate of drug-likeness (QED) is 0.574. The van der Waals surface area contributed by atoms with E-state index in [4.69, 9.17) is 15.2 Å². The average molecular weight is 334 g/mol. The van der Waals surface area contributed by atoms with Crippen LogP contribution in [0.1, 0.15) is 17.3 Å². The molecule has 1 amide bonds. The molecule has 3 N–H and O–H groups in total. The molecule has 124 valence electrons. The molecule has 8 nitrogen and oxygen atoms in total. The van der Waals surface area contributed by atoms with Crippen LogP contribution in [0.5, 0.6) is 11.5 Å². The number of hydrogen-bond donors (Lipinski definition) is 2. The lowest BCUT2D eigenvalue weighted by Gasteiger charge is -2.12. The first-order valence-corrected chi connectivity index (χ1v) is 6.33. The molecule has 0 radical (unpaired) electrons. The third kappa shape index (κ3) is 4.74. The van der Waals surface area contributed by atoms with E-state index in [0.717, 1.165) is 0 Å². The molecule has 22 heavy (non-hydrogen) atoms. The molecule has 0 heterocycles. The number of hydrogen-bond acceptors (Lipinski definition) is 6. The van der Waals surface area contributed by atoms with Gasteiger partial charge in [0.05, 0.1) is 25.2 Å². The Kier molecular flexibility index (Phi) is 8.21. The Hall–Kier alpha value is -2.06. The zero-order chi connectivity index (χ0) is 16.0. The van der Waals surface area contributed by atoms with Crippen molar-refractivity contribution in [2.45, 2.75) is 6.92 Å². The summed E-state index contributed by atoms with van der Waals surface area (Å²) in [5, 5.41) is 13.7. The van der Waals surface area contributed by atoms with Crippen LogP contribution in [0.3, 0.4) is 0 Å². The number of methoxy groups -OCH3 is 2. The van der Waals surface area contributed by atoms with Gasteiger partial charge in [-0.1, -0.05) is 6.92 Å². The summed E-state index contributed by atoms with van der Waals surface area (Å²) < 4.78 is 10.1. The lowest BCUT2D eigenvalue weighted by atomic mass is 10.1. The Morgan fingerprint density at radius 2 is 1.91 bits per heavy atom. The van der Waals surface area contributed by atoms with Crippen LogP contribution in [-0.2, 0) is 0 Å². The first kappa shape index (κ1) is 19.9. The molecule has 0 saturated carbocycles. The maximum absolute atomic E-state index is 12.1. The minimum atomic E-state index is -0.636. The first-order valence-electron chi connectivity index (χ1n) is 6.33. The molecular formula is C13H20ClN3O5. The zero-order valence-corrected chi connectivity index (χ0v) is 13.4. The molecule has 1 unspecified atom stereocenters. The summed E-state index contributed by atoms with van der Waals surface area (Å²) in [6.45, 7) is 2.61. The van der Waals surface area contributed by atoms with Gasteiger partial charge in [-0.25, -0.2) is 0 Å². The summed E-state index contributed by atoms with van der Waals surface area (Å²) in [5.41, 5.74) is 5.04. The van der Waals surface area contributed by atoms with Crippen molar-refractivity contribution < 1.29 is 19.2 Å². The van der Waals surface area contributed by atoms with E-state index >= 15 is 0 Å². The van der Waals surface area contributed by atoms with Gasteiger partial charge in [-0.05, 0) is 12.5 Å². The standard InChI is InChI=1S/C13H19N3O5.ClH/c1-8(6-14)7-15-13(17)9-4-11(20-2)12(21-3)5-10(9)16(18)19;/h4-5,8H,6-7,14H2,1-3H3,(H,15,17);1H. The Labute approximate surface area is 134 Å². The zero-order valence-electron chi connectivity index (χ0n) is 12.6. The van der Waals surface area contributed by atoms with Crippen molar-refractivity contribution in [2.24, 2.45) is 11.7 Å². The second-order valence-corrected chi connectivity index (χ2v) is 4.53. The lowest BCUT2D eigenvalue weighted by molar-refractivity contribution is -0.385. The fourth-order valence-corrected chi connectivity index (χ4v) is 1.65. The minimum Gasteiger partial charge on any atom is -0.493 e. The van der Waals surface area contributed by atoms with Crippen molar-refractivity contribution >= 4 is 24.0 Å². The number of nitro benzene ring substituents is 1. The second kappa shape index (κ2) is 9.06. The maximum Gasteiger partial charge on any atom is 0.286 e. The van der Waals surface area contributed by atoms with E-state index in [1.165, 1.54) is 26.4 Å². The van der Waals surface area contributed by atoms with Crippen molar-refractivity contribution in [3.05, 3.63) is 27.8 Å². The van der Waals surface area contributed by atoms with Crippen LogP contribution in [0, 0.1) is 16.0 Å². The third-order valence-electron chi connectivity index (χ3n) is 2.96. The van der Waals surface area contributed by atoms with Gasteiger partial charge < -0.3 is 20.5 Å². The minimum absolute atomic E-state index is 0. The van der Waals surface area contributed by atoms with Crippen LogP contribution in [0.4, 0.5) is 5.69 Å². The number of nitro groups is 1. The van der Waals surface area contributed by atoms with Crippen LogP contribution in [0.25, 0.3) is 0 Å². The molecule has 1 atom stereocenters. The number of nitrogens with one attached hydrogen (secondary N) is 1. The van der Waals surface area contributed by atoms with Gasteiger partial charge in [0.25, 0.3) is 11.6 Å². The van der Waals surface area contributed by atoms with Gasteiger partial charge in [0.1, 0.15) is 5.56 Å². The van der Waals surface area contributed by atoms with Crippen LogP contribution in [0.15, 0.2) is 12.1 Å². The number of nitrogens with zero attached hydrogens (tertiary/aromatic N) is 1. The van der Waals surface area contributed by atoms with Crippen molar-refractivity contribution in [1.82, 2.24) is 5.32 Å². The number of rotatable bonds is 7. The molecule has 0 aliphatic carbocycles. The summed E-state index contributed by atoms with van der Waals surface area (Å²) in [4.78, 5) is 22.6. The molecule has 0 bridgehead atoms. The highest BCUT2D eigenvalue weighted by Gasteiger charge is 2.24. The molecule has 9 heteroatoms. The van der Waals surface area contributed by atoms with Crippen molar-refractivity contribution in [3.8, 4) is 11.5 Å². The molecule has 0 aromatic heterocycles. The van der Waals surface area contributed by atoms with Gasteiger partial charge >= 0.3 is 0 Å². The van der Waals surface area contributed by atoms with Crippen LogP contribution in [0.2, 0.25) is 0 Å². The molecule has 1 rings (SSSR count). The van der Waals surface area contributed by atoms with Gasteiger partial charge in [0, 0.05) is 12.6 Å². The van der Waals surface area contributed by atoms with Crippen LogP contribution in [-0.4, -0.2) is 38.1 Å². The lowest BCUT2D eigenvalue weighted by Crippen LogP contribution is -2.31.